The van der Waals surface area contributed by atoms with E-state index >= 15 is 0 Å². The zero-order valence-corrected chi connectivity index (χ0v) is 14.9. The van der Waals surface area contributed by atoms with E-state index in [-0.39, 0.29) is 11.8 Å². The predicted octanol–water partition coefficient (Wildman–Crippen LogP) is 1.00. The lowest BCUT2D eigenvalue weighted by molar-refractivity contribution is -0.128. The van der Waals surface area contributed by atoms with Gasteiger partial charge >= 0.3 is 0 Å². The fraction of sp³-hybridized carbons (Fsp3) is 0.368. The molecule has 0 radical (unpaired) electrons. The molecule has 0 unspecified atom stereocenters. The summed E-state index contributed by atoms with van der Waals surface area (Å²) >= 11 is 0. The molecule has 0 saturated carbocycles. The number of anilines is 1. The Morgan fingerprint density at radius 2 is 1.88 bits per heavy atom. The summed E-state index contributed by atoms with van der Waals surface area (Å²) in [7, 11) is 2.10. The van der Waals surface area contributed by atoms with E-state index in [0.29, 0.717) is 30.0 Å². The molecule has 3 heterocycles. The Kier molecular flexibility index (Phi) is 4.48. The quantitative estimate of drug-likeness (QED) is 0.830. The summed E-state index contributed by atoms with van der Waals surface area (Å²) in [6.45, 7) is 4.08. The third kappa shape index (κ3) is 3.23. The number of nitrogens with one attached hydrogen (secondary N) is 2. The van der Waals surface area contributed by atoms with Crippen molar-refractivity contribution in [2.24, 2.45) is 0 Å². The highest BCUT2D eigenvalue weighted by molar-refractivity contribution is 6.02. The van der Waals surface area contributed by atoms with Crippen LogP contribution in [0.25, 0.3) is 0 Å². The fourth-order valence-corrected chi connectivity index (χ4v) is 3.44. The van der Waals surface area contributed by atoms with E-state index in [1.165, 1.54) is 0 Å². The number of allylic oxidation sites excluding steroid dienone is 1. The summed E-state index contributed by atoms with van der Waals surface area (Å²) in [5.41, 5.74) is 2.01. The minimum absolute atomic E-state index is 0.000803. The Bertz CT molecular complexity index is 793. The summed E-state index contributed by atoms with van der Waals surface area (Å²) in [6, 6.07) is 7.34. The zero-order valence-electron chi connectivity index (χ0n) is 14.9. The zero-order chi connectivity index (χ0) is 18.1. The molecule has 136 valence electrons. The summed E-state index contributed by atoms with van der Waals surface area (Å²) in [5.74, 6) is 0.490. The number of piperazine rings is 1. The van der Waals surface area contributed by atoms with Gasteiger partial charge in [0.1, 0.15) is 5.82 Å². The number of fused-ring (bicyclic) bond motifs is 1. The van der Waals surface area contributed by atoms with Crippen LogP contribution in [0.15, 0.2) is 48.1 Å². The second kappa shape index (κ2) is 6.93. The summed E-state index contributed by atoms with van der Waals surface area (Å²) in [5, 5.41) is 6.23. The van der Waals surface area contributed by atoms with E-state index in [1.54, 1.807) is 17.2 Å². The first-order chi connectivity index (χ1) is 12.6. The number of carbonyl (C=O) groups is 2. The van der Waals surface area contributed by atoms with Crippen molar-refractivity contribution in [2.75, 3.05) is 45.1 Å². The Hall–Kier alpha value is -2.64. The van der Waals surface area contributed by atoms with E-state index in [9.17, 15) is 9.59 Å². The van der Waals surface area contributed by atoms with Crippen molar-refractivity contribution in [2.45, 2.75) is 6.42 Å². The van der Waals surface area contributed by atoms with Crippen molar-refractivity contribution in [1.29, 1.82) is 0 Å². The molecule has 0 spiro atoms. The molecule has 0 atom stereocenters. The SMILES string of the molecule is CN1CCN(CC(=O)N2C=CCC3=C2Nc2ccccc2C(=O)N3)CC1. The van der Waals surface area contributed by atoms with Gasteiger partial charge in [-0.25, -0.2) is 0 Å². The number of carbonyl (C=O) groups excluding carboxylic acids is 2. The highest BCUT2D eigenvalue weighted by Gasteiger charge is 2.29. The van der Waals surface area contributed by atoms with Gasteiger partial charge in [-0.05, 0) is 19.2 Å². The van der Waals surface area contributed by atoms with E-state index < -0.39 is 0 Å². The highest BCUT2D eigenvalue weighted by atomic mass is 16.2. The van der Waals surface area contributed by atoms with Crippen LogP contribution >= 0.6 is 0 Å². The van der Waals surface area contributed by atoms with Crippen LogP contribution in [-0.4, -0.2) is 66.3 Å². The molecule has 0 bridgehead atoms. The normalized spacial score (nSPS) is 20.8. The fourth-order valence-electron chi connectivity index (χ4n) is 3.44. The highest BCUT2D eigenvalue weighted by Crippen LogP contribution is 2.27. The van der Waals surface area contributed by atoms with Crippen LogP contribution in [0.3, 0.4) is 0 Å². The second-order valence-electron chi connectivity index (χ2n) is 6.88. The molecule has 1 aromatic carbocycles. The first-order valence-electron chi connectivity index (χ1n) is 8.92. The monoisotopic (exact) mass is 353 g/mol. The van der Waals surface area contributed by atoms with Gasteiger partial charge in [0.25, 0.3) is 5.91 Å². The Morgan fingerprint density at radius 3 is 2.69 bits per heavy atom. The number of hydrogen-bond acceptors (Lipinski definition) is 5. The van der Waals surface area contributed by atoms with Crippen molar-refractivity contribution in [3.05, 3.63) is 53.6 Å². The van der Waals surface area contributed by atoms with E-state index in [1.807, 2.05) is 24.3 Å². The van der Waals surface area contributed by atoms with E-state index in [2.05, 4.69) is 27.5 Å². The van der Waals surface area contributed by atoms with Gasteiger partial charge in [0.05, 0.1) is 23.5 Å². The molecule has 3 aliphatic rings. The van der Waals surface area contributed by atoms with Crippen molar-refractivity contribution < 1.29 is 9.59 Å². The van der Waals surface area contributed by atoms with Gasteiger partial charge in [0.15, 0.2) is 0 Å². The third-order valence-electron chi connectivity index (χ3n) is 5.02. The maximum absolute atomic E-state index is 12.9. The van der Waals surface area contributed by atoms with Crippen molar-refractivity contribution in [1.82, 2.24) is 20.0 Å². The maximum atomic E-state index is 12.9. The molecule has 0 aromatic heterocycles. The van der Waals surface area contributed by atoms with Crippen LogP contribution in [-0.2, 0) is 4.79 Å². The smallest absolute Gasteiger partial charge is 0.257 e. The molecular formula is C19H23N5O2. The molecule has 3 aliphatic heterocycles. The van der Waals surface area contributed by atoms with Crippen molar-refractivity contribution in [3.8, 4) is 0 Å². The van der Waals surface area contributed by atoms with Crippen LogP contribution in [0.1, 0.15) is 16.8 Å². The van der Waals surface area contributed by atoms with Gasteiger partial charge in [-0.1, -0.05) is 18.2 Å². The maximum Gasteiger partial charge on any atom is 0.257 e. The van der Waals surface area contributed by atoms with Crippen LogP contribution in [0.2, 0.25) is 0 Å². The topological polar surface area (TPSA) is 67.9 Å². The van der Waals surface area contributed by atoms with Crippen LogP contribution in [0, 0.1) is 0 Å². The van der Waals surface area contributed by atoms with Crippen LogP contribution < -0.4 is 10.6 Å². The van der Waals surface area contributed by atoms with Gasteiger partial charge in [0, 0.05) is 38.8 Å². The minimum Gasteiger partial charge on any atom is -0.339 e. The molecule has 1 aromatic rings. The lowest BCUT2D eigenvalue weighted by Gasteiger charge is -2.34. The van der Waals surface area contributed by atoms with Gasteiger partial charge in [-0.15, -0.1) is 0 Å². The van der Waals surface area contributed by atoms with Crippen molar-refractivity contribution in [3.63, 3.8) is 0 Å². The van der Waals surface area contributed by atoms with Crippen LogP contribution in [0.4, 0.5) is 5.69 Å². The average molecular weight is 353 g/mol. The van der Waals surface area contributed by atoms with Gasteiger partial charge in [-0.2, -0.15) is 0 Å². The number of hydrogen-bond donors (Lipinski definition) is 2. The summed E-state index contributed by atoms with van der Waals surface area (Å²) < 4.78 is 0. The molecule has 0 aliphatic carbocycles. The Morgan fingerprint density at radius 1 is 1.12 bits per heavy atom. The number of amides is 2. The standard InChI is InChI=1S/C19H23N5O2/c1-22-9-11-23(12-10-22)13-17(25)24-8-4-7-16-18(24)20-15-6-3-2-5-14(15)19(26)21-16/h2-6,8,20H,7,9-13H2,1H3,(H,21,26). The molecule has 1 fully saturated rings. The number of likely N-dealkylation sites (N-methyl/N-ethyl adjacent to an activating group) is 1. The van der Waals surface area contributed by atoms with Crippen LogP contribution in [0.5, 0.6) is 0 Å². The second-order valence-corrected chi connectivity index (χ2v) is 6.88. The number of rotatable bonds is 2. The van der Waals surface area contributed by atoms with Crippen molar-refractivity contribution >= 4 is 17.5 Å². The summed E-state index contributed by atoms with van der Waals surface area (Å²) in [4.78, 5) is 31.5. The first-order valence-corrected chi connectivity index (χ1v) is 8.92. The molecule has 7 nitrogen and oxygen atoms in total. The minimum atomic E-state index is -0.153. The molecule has 1 saturated heterocycles. The molecule has 7 heteroatoms. The summed E-state index contributed by atoms with van der Waals surface area (Å²) in [6.07, 6.45) is 4.28. The molecule has 4 rings (SSSR count). The molecule has 2 amide bonds. The number of benzene rings is 1. The van der Waals surface area contributed by atoms with Gasteiger partial charge in [0.2, 0.25) is 5.91 Å². The lowest BCUT2D eigenvalue weighted by atomic mass is 10.1. The Balaban J connectivity index is 1.55. The molecule has 26 heavy (non-hydrogen) atoms. The average Bonchev–Trinajstić information content (AvgIpc) is 2.79. The van der Waals surface area contributed by atoms with E-state index in [0.717, 1.165) is 31.9 Å². The van der Waals surface area contributed by atoms with Gasteiger partial charge in [-0.3, -0.25) is 19.4 Å². The van der Waals surface area contributed by atoms with Gasteiger partial charge < -0.3 is 15.5 Å². The number of nitrogens with zero attached hydrogens (tertiary/aromatic N) is 3. The largest absolute Gasteiger partial charge is 0.339 e. The number of para-hydroxylation sites is 1. The third-order valence-corrected chi connectivity index (χ3v) is 5.02. The predicted molar refractivity (Wildman–Crippen MR) is 99.1 cm³/mol. The lowest BCUT2D eigenvalue weighted by Crippen LogP contribution is -2.48. The Labute approximate surface area is 152 Å². The first kappa shape index (κ1) is 16.8. The molecule has 2 N–H and O–H groups in total. The van der Waals surface area contributed by atoms with E-state index in [4.69, 9.17) is 0 Å². The molecular weight excluding hydrogens is 330 g/mol.